The highest BCUT2D eigenvalue weighted by Gasteiger charge is 2.29. The molecule has 0 aromatic carbocycles. The van der Waals surface area contributed by atoms with Gasteiger partial charge in [0.1, 0.15) is 0 Å². The van der Waals surface area contributed by atoms with E-state index in [-0.39, 0.29) is 17.4 Å². The Kier molecular flexibility index (Phi) is 3.33. The van der Waals surface area contributed by atoms with E-state index < -0.39 is 0 Å². The molecule has 0 bridgehead atoms. The lowest BCUT2D eigenvalue weighted by Crippen LogP contribution is -2.45. The summed E-state index contributed by atoms with van der Waals surface area (Å²) in [4.78, 5) is 25.6. The Morgan fingerprint density at radius 2 is 2.21 bits per heavy atom. The third-order valence-electron chi connectivity index (χ3n) is 3.84. The number of hydrogen-bond acceptors (Lipinski definition) is 4. The summed E-state index contributed by atoms with van der Waals surface area (Å²) in [6.45, 7) is 2.60. The number of amides is 1. The average molecular weight is 263 g/mol. The van der Waals surface area contributed by atoms with E-state index in [1.54, 1.807) is 6.07 Å². The fourth-order valence-corrected chi connectivity index (χ4v) is 2.79. The molecule has 1 fully saturated rings. The number of ether oxygens (including phenoxy) is 1. The Morgan fingerprint density at radius 3 is 3.00 bits per heavy atom. The number of carbonyl (C=O) groups excluding carboxylic acids is 1. The summed E-state index contributed by atoms with van der Waals surface area (Å²) < 4.78 is 5.26. The number of aromatic nitrogens is 2. The molecule has 1 saturated heterocycles. The minimum atomic E-state index is -0.196. The van der Waals surface area contributed by atoms with Crippen LogP contribution in [-0.4, -0.2) is 47.3 Å². The Balaban J connectivity index is 1.74. The first-order chi connectivity index (χ1) is 9.24. The predicted octanol–water partition coefficient (Wildman–Crippen LogP) is -0.266. The van der Waals surface area contributed by atoms with Crippen molar-refractivity contribution >= 4 is 5.91 Å². The molecule has 1 aliphatic heterocycles. The number of morpholine rings is 1. The molecule has 6 nitrogen and oxygen atoms in total. The minimum absolute atomic E-state index is 0.0193. The molecule has 1 amide bonds. The van der Waals surface area contributed by atoms with Crippen molar-refractivity contribution in [3.05, 3.63) is 27.7 Å². The van der Waals surface area contributed by atoms with Gasteiger partial charge >= 0.3 is 0 Å². The molecule has 102 valence electrons. The smallest absolute Gasteiger partial charge is 0.264 e. The van der Waals surface area contributed by atoms with Crippen molar-refractivity contribution in [3.63, 3.8) is 0 Å². The lowest BCUT2D eigenvalue weighted by molar-refractivity contribution is -0.140. The molecule has 1 N–H and O–H groups in total. The Hall–Kier alpha value is -1.69. The predicted molar refractivity (Wildman–Crippen MR) is 67.8 cm³/mol. The molecule has 19 heavy (non-hydrogen) atoms. The van der Waals surface area contributed by atoms with Crippen molar-refractivity contribution in [2.45, 2.75) is 19.3 Å². The molecular weight excluding hydrogens is 246 g/mol. The van der Waals surface area contributed by atoms with Gasteiger partial charge in [-0.05, 0) is 24.8 Å². The van der Waals surface area contributed by atoms with Crippen LogP contribution in [0.2, 0.25) is 0 Å². The van der Waals surface area contributed by atoms with E-state index in [9.17, 15) is 9.59 Å². The van der Waals surface area contributed by atoms with Gasteiger partial charge in [0.25, 0.3) is 5.56 Å². The molecule has 3 rings (SSSR count). The summed E-state index contributed by atoms with van der Waals surface area (Å²) in [6.07, 6.45) is 2.19. The van der Waals surface area contributed by atoms with Gasteiger partial charge in [0, 0.05) is 25.1 Å². The molecule has 0 radical (unpaired) electrons. The number of hydrogen-bond donors (Lipinski definition) is 1. The van der Waals surface area contributed by atoms with E-state index in [1.807, 2.05) is 4.90 Å². The highest BCUT2D eigenvalue weighted by Crippen LogP contribution is 2.24. The van der Waals surface area contributed by atoms with Gasteiger partial charge in [-0.1, -0.05) is 0 Å². The van der Waals surface area contributed by atoms with Crippen LogP contribution in [0.3, 0.4) is 0 Å². The summed E-state index contributed by atoms with van der Waals surface area (Å²) in [7, 11) is 0. The van der Waals surface area contributed by atoms with Crippen LogP contribution in [0.15, 0.2) is 10.9 Å². The summed E-state index contributed by atoms with van der Waals surface area (Å²) in [5.74, 6) is 0.170. The van der Waals surface area contributed by atoms with E-state index in [1.165, 1.54) is 0 Å². The van der Waals surface area contributed by atoms with Crippen molar-refractivity contribution < 1.29 is 9.53 Å². The first-order valence-electron chi connectivity index (χ1n) is 6.68. The number of nitrogens with one attached hydrogen (secondary N) is 1. The lowest BCUT2D eigenvalue weighted by atomic mass is 9.86. The minimum Gasteiger partial charge on any atom is -0.378 e. The summed E-state index contributed by atoms with van der Waals surface area (Å²) in [5.41, 5.74) is 1.64. The fourth-order valence-electron chi connectivity index (χ4n) is 2.79. The zero-order valence-corrected chi connectivity index (χ0v) is 10.7. The van der Waals surface area contributed by atoms with Crippen LogP contribution in [0.25, 0.3) is 0 Å². The van der Waals surface area contributed by atoms with Crippen LogP contribution in [0.5, 0.6) is 0 Å². The van der Waals surface area contributed by atoms with Gasteiger partial charge in [0.15, 0.2) is 0 Å². The number of rotatable bonds is 1. The normalized spacial score (nSPS) is 22.9. The number of H-pyrrole nitrogens is 1. The average Bonchev–Trinajstić information content (AvgIpc) is 2.46. The van der Waals surface area contributed by atoms with Crippen molar-refractivity contribution in [1.29, 1.82) is 0 Å². The van der Waals surface area contributed by atoms with Crippen molar-refractivity contribution in [1.82, 2.24) is 15.1 Å². The molecule has 0 saturated carbocycles. The largest absolute Gasteiger partial charge is 0.378 e. The molecular formula is C13H17N3O3. The maximum atomic E-state index is 12.4. The third kappa shape index (κ3) is 2.53. The van der Waals surface area contributed by atoms with E-state index in [0.29, 0.717) is 32.7 Å². The van der Waals surface area contributed by atoms with Gasteiger partial charge < -0.3 is 9.64 Å². The van der Waals surface area contributed by atoms with Crippen molar-refractivity contribution in [2.24, 2.45) is 5.92 Å². The molecule has 1 unspecified atom stereocenters. The Morgan fingerprint density at radius 1 is 1.42 bits per heavy atom. The molecule has 1 aliphatic carbocycles. The van der Waals surface area contributed by atoms with Gasteiger partial charge in [-0.2, -0.15) is 5.10 Å². The zero-order chi connectivity index (χ0) is 13.2. The van der Waals surface area contributed by atoms with E-state index >= 15 is 0 Å². The first-order valence-corrected chi connectivity index (χ1v) is 6.68. The highest BCUT2D eigenvalue weighted by atomic mass is 16.5. The Bertz CT molecular complexity index is 534. The maximum Gasteiger partial charge on any atom is 0.264 e. The topological polar surface area (TPSA) is 75.3 Å². The third-order valence-corrected chi connectivity index (χ3v) is 3.84. The number of fused-ring (bicyclic) bond motifs is 1. The second-order valence-corrected chi connectivity index (χ2v) is 5.08. The second kappa shape index (κ2) is 5.13. The lowest BCUT2D eigenvalue weighted by Gasteiger charge is -2.32. The monoisotopic (exact) mass is 263 g/mol. The number of aryl methyl sites for hydroxylation is 1. The standard InChI is InChI=1S/C13H17N3O3/c17-12-8-10-7-9(1-2-11(10)14-15-12)13(18)16-3-5-19-6-4-16/h8-9H,1-7H2,(H,15,17). The first kappa shape index (κ1) is 12.3. The quantitative estimate of drug-likeness (QED) is 0.757. The molecule has 1 atom stereocenters. The summed E-state index contributed by atoms with van der Waals surface area (Å²) >= 11 is 0. The maximum absolute atomic E-state index is 12.4. The van der Waals surface area contributed by atoms with Gasteiger partial charge in [0.05, 0.1) is 18.9 Å². The zero-order valence-electron chi connectivity index (χ0n) is 10.7. The van der Waals surface area contributed by atoms with E-state index in [0.717, 1.165) is 24.1 Å². The number of aromatic amines is 1. The van der Waals surface area contributed by atoms with Crippen molar-refractivity contribution in [3.8, 4) is 0 Å². The van der Waals surface area contributed by atoms with Crippen LogP contribution < -0.4 is 5.56 Å². The molecule has 2 heterocycles. The van der Waals surface area contributed by atoms with Gasteiger partial charge in [-0.15, -0.1) is 0 Å². The molecule has 1 aromatic heterocycles. The summed E-state index contributed by atoms with van der Waals surface area (Å²) in [6, 6.07) is 1.57. The molecule has 0 spiro atoms. The van der Waals surface area contributed by atoms with E-state index in [4.69, 9.17) is 4.74 Å². The number of carbonyl (C=O) groups is 1. The van der Waals surface area contributed by atoms with Gasteiger partial charge in [0.2, 0.25) is 5.91 Å². The second-order valence-electron chi connectivity index (χ2n) is 5.08. The number of nitrogens with zero attached hydrogens (tertiary/aromatic N) is 2. The van der Waals surface area contributed by atoms with Gasteiger partial charge in [-0.25, -0.2) is 5.10 Å². The highest BCUT2D eigenvalue weighted by molar-refractivity contribution is 5.79. The fraction of sp³-hybridized carbons (Fsp3) is 0.615. The van der Waals surface area contributed by atoms with Crippen LogP contribution in [0, 0.1) is 5.92 Å². The van der Waals surface area contributed by atoms with Crippen LogP contribution in [0.4, 0.5) is 0 Å². The van der Waals surface area contributed by atoms with Crippen LogP contribution in [0.1, 0.15) is 17.7 Å². The van der Waals surface area contributed by atoms with Crippen LogP contribution in [-0.2, 0) is 22.4 Å². The van der Waals surface area contributed by atoms with Crippen molar-refractivity contribution in [2.75, 3.05) is 26.3 Å². The SMILES string of the molecule is O=C(C1CCc2n[nH]c(=O)cc2C1)N1CCOCC1. The molecule has 2 aliphatic rings. The van der Waals surface area contributed by atoms with Crippen LogP contribution >= 0.6 is 0 Å². The summed E-state index contributed by atoms with van der Waals surface area (Å²) in [5, 5.41) is 6.49. The van der Waals surface area contributed by atoms with Gasteiger partial charge in [-0.3, -0.25) is 9.59 Å². The molecule has 1 aromatic rings. The molecule has 6 heteroatoms. The van der Waals surface area contributed by atoms with E-state index in [2.05, 4.69) is 10.2 Å². The Labute approximate surface area is 110 Å².